The minimum Gasteiger partial charge on any atom is -0.344 e. The van der Waals surface area contributed by atoms with Gasteiger partial charge in [-0.25, -0.2) is 4.68 Å². The van der Waals surface area contributed by atoms with Gasteiger partial charge in [0.2, 0.25) is 0 Å². The van der Waals surface area contributed by atoms with Crippen LogP contribution >= 0.6 is 0 Å². The molecule has 0 saturated heterocycles. The molecule has 1 N–H and O–H groups in total. The Bertz CT molecular complexity index is 927. The van der Waals surface area contributed by atoms with Gasteiger partial charge in [0.15, 0.2) is 0 Å². The van der Waals surface area contributed by atoms with Crippen molar-refractivity contribution in [3.05, 3.63) is 59.4 Å². The van der Waals surface area contributed by atoms with Gasteiger partial charge in [0.1, 0.15) is 5.69 Å². The van der Waals surface area contributed by atoms with Crippen LogP contribution in [-0.2, 0) is 19.9 Å². The van der Waals surface area contributed by atoms with Crippen molar-refractivity contribution in [3.63, 3.8) is 0 Å². The van der Waals surface area contributed by atoms with Crippen molar-refractivity contribution in [3.8, 4) is 5.69 Å². The number of aryl methyl sites for hydroxylation is 2. The van der Waals surface area contributed by atoms with Gasteiger partial charge in [0.05, 0.1) is 23.6 Å². The fraction of sp³-hybridized carbons (Fsp3) is 0.368. The average Bonchev–Trinajstić information content (AvgIpc) is 3.26. The number of rotatable bonds is 4. The van der Waals surface area contributed by atoms with E-state index in [1.807, 2.05) is 43.0 Å². The number of pyridine rings is 1. The molecule has 26 heavy (non-hydrogen) atoms. The number of carbonyl (C=O) groups is 1. The van der Waals surface area contributed by atoms with E-state index in [2.05, 4.69) is 20.5 Å². The Balaban J connectivity index is 1.60. The highest BCUT2D eigenvalue weighted by Gasteiger charge is 2.27. The van der Waals surface area contributed by atoms with E-state index < -0.39 is 0 Å². The molecule has 3 heterocycles. The number of carbonyl (C=O) groups excluding carboxylic acids is 1. The third-order valence-corrected chi connectivity index (χ3v) is 4.92. The molecule has 4 rings (SSSR count). The van der Waals surface area contributed by atoms with Crippen LogP contribution in [0.1, 0.15) is 53.2 Å². The van der Waals surface area contributed by atoms with Crippen LogP contribution < -0.4 is 5.32 Å². The van der Waals surface area contributed by atoms with E-state index in [1.54, 1.807) is 17.1 Å². The van der Waals surface area contributed by atoms with Gasteiger partial charge < -0.3 is 5.32 Å². The zero-order chi connectivity index (χ0) is 18.1. The minimum absolute atomic E-state index is 0.0261. The van der Waals surface area contributed by atoms with Crippen LogP contribution in [0.3, 0.4) is 0 Å². The normalized spacial score (nSPS) is 16.3. The molecular formula is C19H22N6O. The van der Waals surface area contributed by atoms with Gasteiger partial charge in [-0.05, 0) is 43.9 Å². The zero-order valence-corrected chi connectivity index (χ0v) is 15.0. The Labute approximate surface area is 152 Å². The number of aromatic nitrogens is 5. The first-order chi connectivity index (χ1) is 12.7. The number of nitrogens with one attached hydrogen (secondary N) is 1. The molecule has 0 spiro atoms. The largest absolute Gasteiger partial charge is 0.344 e. The summed E-state index contributed by atoms with van der Waals surface area (Å²) in [5.74, 6) is -0.0887. The van der Waals surface area contributed by atoms with Gasteiger partial charge in [-0.1, -0.05) is 6.92 Å². The fourth-order valence-electron chi connectivity index (χ4n) is 3.56. The van der Waals surface area contributed by atoms with Crippen LogP contribution in [0.2, 0.25) is 0 Å². The molecular weight excluding hydrogens is 328 g/mol. The summed E-state index contributed by atoms with van der Waals surface area (Å²) in [5, 5.41) is 12.1. The summed E-state index contributed by atoms with van der Waals surface area (Å²) in [7, 11) is 1.81. The van der Waals surface area contributed by atoms with E-state index in [-0.39, 0.29) is 11.9 Å². The van der Waals surface area contributed by atoms with Crippen LogP contribution in [-0.4, -0.2) is 30.5 Å². The predicted molar refractivity (Wildman–Crippen MR) is 97.1 cm³/mol. The lowest BCUT2D eigenvalue weighted by Gasteiger charge is -2.24. The molecule has 7 heteroatoms. The summed E-state index contributed by atoms with van der Waals surface area (Å²) in [6, 6.07) is 5.72. The molecule has 0 radical (unpaired) electrons. The number of nitrogens with zero attached hydrogens (tertiary/aromatic N) is 5. The van der Waals surface area contributed by atoms with Crippen molar-refractivity contribution in [2.24, 2.45) is 7.05 Å². The second-order valence-corrected chi connectivity index (χ2v) is 6.58. The quantitative estimate of drug-likeness (QED) is 0.784. The fourth-order valence-corrected chi connectivity index (χ4v) is 3.56. The SMILES string of the molecule is CCc1cc(C(=O)N[C@H]2CCCc3c2cnn3-c2ccncc2)n(C)n1. The van der Waals surface area contributed by atoms with Crippen LogP contribution in [0.4, 0.5) is 0 Å². The third kappa shape index (κ3) is 2.89. The average molecular weight is 350 g/mol. The lowest BCUT2D eigenvalue weighted by Crippen LogP contribution is -2.32. The first-order valence-corrected chi connectivity index (χ1v) is 8.98. The van der Waals surface area contributed by atoms with E-state index in [0.717, 1.165) is 48.3 Å². The Morgan fingerprint density at radius 2 is 2.15 bits per heavy atom. The minimum atomic E-state index is -0.0887. The highest BCUT2D eigenvalue weighted by atomic mass is 16.2. The van der Waals surface area contributed by atoms with Gasteiger partial charge in [0.25, 0.3) is 5.91 Å². The number of fused-ring (bicyclic) bond motifs is 1. The molecule has 3 aromatic heterocycles. The van der Waals surface area contributed by atoms with Gasteiger partial charge in [-0.2, -0.15) is 10.2 Å². The summed E-state index contributed by atoms with van der Waals surface area (Å²) >= 11 is 0. The molecule has 0 saturated carbocycles. The topological polar surface area (TPSA) is 77.6 Å². The molecule has 0 aromatic carbocycles. The summed E-state index contributed by atoms with van der Waals surface area (Å²) in [6.45, 7) is 2.03. The maximum absolute atomic E-state index is 12.7. The van der Waals surface area contributed by atoms with Crippen molar-refractivity contribution >= 4 is 5.91 Å². The number of amides is 1. The highest BCUT2D eigenvalue weighted by molar-refractivity contribution is 5.93. The Hall–Kier alpha value is -2.96. The van der Waals surface area contributed by atoms with Crippen LogP contribution in [0.25, 0.3) is 5.69 Å². The first-order valence-electron chi connectivity index (χ1n) is 8.98. The maximum Gasteiger partial charge on any atom is 0.270 e. The van der Waals surface area contributed by atoms with E-state index in [0.29, 0.717) is 5.69 Å². The van der Waals surface area contributed by atoms with Crippen molar-refractivity contribution < 1.29 is 4.79 Å². The molecule has 1 aliphatic carbocycles. The zero-order valence-electron chi connectivity index (χ0n) is 15.0. The molecule has 1 atom stereocenters. The Morgan fingerprint density at radius 3 is 2.88 bits per heavy atom. The van der Waals surface area contributed by atoms with Crippen LogP contribution in [0.15, 0.2) is 36.8 Å². The lowest BCUT2D eigenvalue weighted by molar-refractivity contribution is 0.0923. The second kappa shape index (κ2) is 6.74. The first kappa shape index (κ1) is 16.5. The summed E-state index contributed by atoms with van der Waals surface area (Å²) < 4.78 is 3.60. The van der Waals surface area contributed by atoms with Gasteiger partial charge in [0, 0.05) is 30.7 Å². The predicted octanol–water partition coefficient (Wildman–Crippen LogP) is 2.37. The van der Waals surface area contributed by atoms with Crippen molar-refractivity contribution in [2.45, 2.75) is 38.6 Å². The summed E-state index contributed by atoms with van der Waals surface area (Å²) in [5.41, 5.74) is 4.77. The van der Waals surface area contributed by atoms with E-state index >= 15 is 0 Å². The lowest BCUT2D eigenvalue weighted by atomic mass is 9.92. The highest BCUT2D eigenvalue weighted by Crippen LogP contribution is 2.31. The number of hydrogen-bond donors (Lipinski definition) is 1. The van der Waals surface area contributed by atoms with E-state index in [4.69, 9.17) is 0 Å². The smallest absolute Gasteiger partial charge is 0.270 e. The molecule has 0 aliphatic heterocycles. The molecule has 3 aromatic rings. The van der Waals surface area contributed by atoms with Gasteiger partial charge >= 0.3 is 0 Å². The van der Waals surface area contributed by atoms with Crippen molar-refractivity contribution in [2.75, 3.05) is 0 Å². The molecule has 0 bridgehead atoms. The summed E-state index contributed by atoms with van der Waals surface area (Å²) in [4.78, 5) is 16.8. The molecule has 134 valence electrons. The molecule has 0 fully saturated rings. The molecule has 7 nitrogen and oxygen atoms in total. The molecule has 1 amide bonds. The maximum atomic E-state index is 12.7. The third-order valence-electron chi connectivity index (χ3n) is 4.92. The van der Waals surface area contributed by atoms with E-state index in [1.165, 1.54) is 0 Å². The van der Waals surface area contributed by atoms with Gasteiger partial charge in [-0.15, -0.1) is 0 Å². The summed E-state index contributed by atoms with van der Waals surface area (Å²) in [6.07, 6.45) is 9.10. The van der Waals surface area contributed by atoms with Gasteiger partial charge in [-0.3, -0.25) is 14.5 Å². The Morgan fingerprint density at radius 1 is 1.35 bits per heavy atom. The van der Waals surface area contributed by atoms with Crippen LogP contribution in [0, 0.1) is 0 Å². The molecule has 1 aliphatic rings. The molecule has 0 unspecified atom stereocenters. The standard InChI is InChI=1S/C19H22N6O/c1-3-13-11-18(24(2)23-13)19(26)22-16-5-4-6-17-15(16)12-21-25(17)14-7-9-20-10-8-14/h7-12,16H,3-6H2,1-2H3,(H,22,26)/t16-/m0/s1. The number of hydrogen-bond acceptors (Lipinski definition) is 4. The Kier molecular flexibility index (Phi) is 4.28. The van der Waals surface area contributed by atoms with E-state index in [9.17, 15) is 4.79 Å². The van der Waals surface area contributed by atoms with Crippen LogP contribution in [0.5, 0.6) is 0 Å². The monoisotopic (exact) mass is 350 g/mol. The van der Waals surface area contributed by atoms with Crippen molar-refractivity contribution in [1.29, 1.82) is 0 Å². The van der Waals surface area contributed by atoms with Crippen molar-refractivity contribution in [1.82, 2.24) is 29.9 Å². The second-order valence-electron chi connectivity index (χ2n) is 6.58.